The molecule has 0 radical (unpaired) electrons. The third-order valence-corrected chi connectivity index (χ3v) is 13.1. The lowest BCUT2D eigenvalue weighted by atomic mass is 10.0. The number of likely N-dealkylation sites (N-methyl/N-ethyl adjacent to an activating group) is 1. The predicted molar refractivity (Wildman–Crippen MR) is 173 cm³/mol. The second-order valence-corrected chi connectivity index (χ2v) is 15.3. The first-order chi connectivity index (χ1) is 19.7. The molecule has 0 aromatic heterocycles. The van der Waals surface area contributed by atoms with Gasteiger partial charge in [-0.1, -0.05) is 99.9 Å². The van der Waals surface area contributed by atoms with Gasteiger partial charge in [0.1, 0.15) is 17.2 Å². The minimum atomic E-state index is -0.426. The molecule has 0 saturated heterocycles. The number of primary amides is 2. The number of hydrogen-bond acceptors (Lipinski definition) is 9. The fourth-order valence-corrected chi connectivity index (χ4v) is 10.7. The molecule has 0 fully saturated rings. The van der Waals surface area contributed by atoms with Crippen LogP contribution in [-0.4, -0.2) is 43.0 Å². The van der Waals surface area contributed by atoms with Crippen molar-refractivity contribution in [1.82, 2.24) is 4.90 Å². The summed E-state index contributed by atoms with van der Waals surface area (Å²) in [6.07, 6.45) is 7.68. The van der Waals surface area contributed by atoms with Crippen molar-refractivity contribution in [2.45, 2.75) is 99.1 Å². The molecule has 4 rings (SSSR count). The zero-order valence-electron chi connectivity index (χ0n) is 24.8. The first kappa shape index (κ1) is 32.4. The summed E-state index contributed by atoms with van der Waals surface area (Å²) in [5.41, 5.74) is 12.9. The van der Waals surface area contributed by atoms with Gasteiger partial charge in [0.2, 0.25) is 5.91 Å². The van der Waals surface area contributed by atoms with E-state index in [1.165, 1.54) is 29.9 Å². The fourth-order valence-electron chi connectivity index (χ4n) is 5.11. The SMILES string of the molecule is CCCCC(CC)COc1c2c(c3c4c1S/C(=C(\C(N)=O)N(CC)CC(CCCC)CO3)S4)S/C(=C(/C)C(N)=O)S2. The maximum Gasteiger partial charge on any atom is 0.266 e. The number of hydrogen-bond donors (Lipinski definition) is 2. The van der Waals surface area contributed by atoms with Gasteiger partial charge < -0.3 is 25.8 Å². The average molecular weight is 638 g/mol. The smallest absolute Gasteiger partial charge is 0.266 e. The van der Waals surface area contributed by atoms with Gasteiger partial charge in [0.15, 0.2) is 0 Å². The first-order valence-electron chi connectivity index (χ1n) is 14.7. The summed E-state index contributed by atoms with van der Waals surface area (Å²) < 4.78 is 15.2. The lowest BCUT2D eigenvalue weighted by molar-refractivity contribution is -0.116. The molecule has 0 spiro atoms. The Bertz CT molecular complexity index is 1230. The molecule has 2 amide bonds. The number of carbonyl (C=O) groups excluding carboxylic acids is 2. The van der Waals surface area contributed by atoms with E-state index in [0.29, 0.717) is 43.5 Å². The molecular weight excluding hydrogens is 595 g/mol. The Balaban J connectivity index is 1.87. The van der Waals surface area contributed by atoms with Crippen molar-refractivity contribution in [3.63, 3.8) is 0 Å². The summed E-state index contributed by atoms with van der Waals surface area (Å²) in [7, 11) is 0. The summed E-state index contributed by atoms with van der Waals surface area (Å²) in [6.45, 7) is 13.0. The van der Waals surface area contributed by atoms with Gasteiger partial charge in [-0.25, -0.2) is 0 Å². The van der Waals surface area contributed by atoms with Crippen molar-refractivity contribution >= 4 is 58.9 Å². The highest BCUT2D eigenvalue weighted by atomic mass is 32.2. The van der Waals surface area contributed by atoms with Crippen LogP contribution in [0.2, 0.25) is 0 Å². The predicted octanol–water partition coefficient (Wildman–Crippen LogP) is 7.57. The van der Waals surface area contributed by atoms with Gasteiger partial charge in [-0.3, -0.25) is 9.59 Å². The van der Waals surface area contributed by atoms with Crippen LogP contribution in [0.1, 0.15) is 79.6 Å². The molecule has 226 valence electrons. The maximum absolute atomic E-state index is 12.9. The van der Waals surface area contributed by atoms with Gasteiger partial charge >= 0.3 is 0 Å². The van der Waals surface area contributed by atoms with E-state index in [-0.39, 0.29) is 5.92 Å². The topological polar surface area (TPSA) is 108 Å². The monoisotopic (exact) mass is 637 g/mol. The van der Waals surface area contributed by atoms with Gasteiger partial charge in [-0.15, -0.1) is 0 Å². The number of fused-ring (bicyclic) bond motifs is 3. The lowest BCUT2D eigenvalue weighted by Gasteiger charge is -2.30. The molecule has 2 bridgehead atoms. The lowest BCUT2D eigenvalue weighted by Crippen LogP contribution is -2.37. The van der Waals surface area contributed by atoms with Crippen molar-refractivity contribution in [3.8, 4) is 11.5 Å². The van der Waals surface area contributed by atoms with Gasteiger partial charge in [-0.05, 0) is 32.6 Å². The molecular formula is C30H43N3O4S4. The number of unbranched alkanes of at least 4 members (excludes halogenated alkanes) is 2. The Morgan fingerprint density at radius 1 is 1.00 bits per heavy atom. The second-order valence-electron chi connectivity index (χ2n) is 10.7. The molecule has 41 heavy (non-hydrogen) atoms. The van der Waals surface area contributed by atoms with E-state index in [9.17, 15) is 9.59 Å². The highest BCUT2D eigenvalue weighted by Gasteiger charge is 2.40. The van der Waals surface area contributed by atoms with Crippen LogP contribution < -0.4 is 20.9 Å². The van der Waals surface area contributed by atoms with Gasteiger partial charge in [0, 0.05) is 24.6 Å². The fraction of sp³-hybridized carbons (Fsp3) is 0.600. The molecule has 3 aliphatic heterocycles. The van der Waals surface area contributed by atoms with Crippen molar-refractivity contribution < 1.29 is 19.1 Å². The number of carbonyl (C=O) groups is 2. The third-order valence-electron chi connectivity index (χ3n) is 7.73. The molecule has 2 unspecified atom stereocenters. The Morgan fingerprint density at radius 3 is 2.29 bits per heavy atom. The Labute approximate surface area is 261 Å². The molecule has 3 aliphatic rings. The van der Waals surface area contributed by atoms with E-state index in [2.05, 4.69) is 32.6 Å². The van der Waals surface area contributed by atoms with Crippen LogP contribution in [-0.2, 0) is 9.59 Å². The number of nitrogens with zero attached hydrogens (tertiary/aromatic N) is 1. The largest absolute Gasteiger partial charge is 0.491 e. The second kappa shape index (κ2) is 14.8. The number of rotatable bonds is 13. The molecule has 1 aromatic rings. The highest BCUT2D eigenvalue weighted by Crippen LogP contribution is 2.68. The zero-order valence-corrected chi connectivity index (χ0v) is 28.1. The highest BCUT2D eigenvalue weighted by molar-refractivity contribution is 8.26. The van der Waals surface area contributed by atoms with Crippen molar-refractivity contribution in [2.75, 3.05) is 26.3 Å². The minimum absolute atomic E-state index is 0.241. The molecule has 7 nitrogen and oxygen atoms in total. The van der Waals surface area contributed by atoms with Crippen LogP contribution in [0, 0.1) is 11.8 Å². The first-order valence-corrected chi connectivity index (χ1v) is 18.0. The molecule has 11 heteroatoms. The number of amides is 2. The van der Waals surface area contributed by atoms with Gasteiger partial charge in [0.25, 0.3) is 5.91 Å². The van der Waals surface area contributed by atoms with Crippen LogP contribution in [0.3, 0.4) is 0 Å². The van der Waals surface area contributed by atoms with Gasteiger partial charge in [-0.2, -0.15) is 0 Å². The Morgan fingerprint density at radius 2 is 1.66 bits per heavy atom. The van der Waals surface area contributed by atoms with Crippen LogP contribution in [0.4, 0.5) is 0 Å². The maximum atomic E-state index is 12.9. The molecule has 0 aliphatic carbocycles. The van der Waals surface area contributed by atoms with E-state index >= 15 is 0 Å². The van der Waals surface area contributed by atoms with Crippen LogP contribution in [0.5, 0.6) is 11.5 Å². The van der Waals surface area contributed by atoms with E-state index in [0.717, 1.165) is 78.1 Å². The molecule has 2 atom stereocenters. The quantitative estimate of drug-likeness (QED) is 0.212. The number of thioether (sulfide) groups is 4. The summed E-state index contributed by atoms with van der Waals surface area (Å²) >= 11 is 6.18. The van der Waals surface area contributed by atoms with E-state index < -0.39 is 11.8 Å². The molecule has 1 aromatic carbocycles. The number of benzene rings is 1. The summed E-state index contributed by atoms with van der Waals surface area (Å²) in [6, 6.07) is 0. The molecule has 4 N–H and O–H groups in total. The van der Waals surface area contributed by atoms with E-state index in [1.54, 1.807) is 30.4 Å². The van der Waals surface area contributed by atoms with Crippen molar-refractivity contribution in [2.24, 2.45) is 23.3 Å². The Kier molecular flexibility index (Phi) is 11.6. The van der Waals surface area contributed by atoms with Crippen LogP contribution in [0.25, 0.3) is 0 Å². The standard InChI is InChI=1S/C30H43N3O4S4/c1-6-10-12-18(8-3)15-36-21-23-24(39-29(38-23)17(5)27(31)34)22-26-25(21)40-30(41-26)20(28(32)35)33(9-4)14-19(16-37-22)13-11-7-2/h18-19H,6-16H2,1-5H3,(H2,31,34)(H2,32,35)/b29-17-,30-20-. The molecule has 0 saturated carbocycles. The summed E-state index contributed by atoms with van der Waals surface area (Å²) in [5.74, 6) is 1.48. The Hall–Kier alpha value is -1.56. The molecule has 3 heterocycles. The van der Waals surface area contributed by atoms with Crippen LogP contribution >= 0.6 is 47.0 Å². The number of nitrogens with two attached hydrogens (primary N) is 2. The number of ether oxygens (including phenoxy) is 2. The van der Waals surface area contributed by atoms with Gasteiger partial charge in [0.05, 0.1) is 41.3 Å². The summed E-state index contributed by atoms with van der Waals surface area (Å²) in [5, 5.41) is 0. The van der Waals surface area contributed by atoms with Crippen molar-refractivity contribution in [3.05, 3.63) is 19.7 Å². The van der Waals surface area contributed by atoms with Crippen molar-refractivity contribution in [1.29, 1.82) is 0 Å². The third kappa shape index (κ3) is 7.16. The average Bonchev–Trinajstić information content (AvgIpc) is 3.58. The van der Waals surface area contributed by atoms with E-state index in [1.807, 2.05) is 0 Å². The van der Waals surface area contributed by atoms with E-state index in [4.69, 9.17) is 20.9 Å². The minimum Gasteiger partial charge on any atom is -0.491 e. The van der Waals surface area contributed by atoms with Crippen LogP contribution in [0.15, 0.2) is 39.3 Å². The zero-order chi connectivity index (χ0) is 29.7. The summed E-state index contributed by atoms with van der Waals surface area (Å²) in [4.78, 5) is 31.1. The normalized spacial score (nSPS) is 21.8.